The minimum atomic E-state index is -3.78. The maximum absolute atomic E-state index is 13.1. The standard InChI is InChI=1S/C25H28N2O2S.CH3.ClH.Ru/c1-3-19-15-20(4-2)17-21(16-19)18-30(28,29)27-25(23-13-9-6-10-14-23)24(26)22-11-7-5-8-12-22;;;/h5-17,24-26H,3-4,18H2,1-2H3;1H3;1H;/q-2;-1;;+4/p-1. The van der Waals surface area contributed by atoms with E-state index in [-0.39, 0.29) is 13.2 Å². The number of nitrogens with one attached hydrogen (secondary N) is 1. The van der Waals surface area contributed by atoms with Gasteiger partial charge in [-0.2, -0.15) is 0 Å². The maximum atomic E-state index is 13.1. The van der Waals surface area contributed by atoms with Gasteiger partial charge in [0, 0.05) is 0 Å². The molecular formula is C26H31ClN2O2RuS. The van der Waals surface area contributed by atoms with Crippen molar-refractivity contribution in [3.8, 4) is 0 Å². The number of rotatable bonds is 9. The van der Waals surface area contributed by atoms with E-state index < -0.39 is 22.1 Å². The fourth-order valence-corrected chi connectivity index (χ4v) is 4.81. The van der Waals surface area contributed by atoms with Crippen molar-refractivity contribution >= 4 is 19.7 Å². The third kappa shape index (κ3) is 8.96. The number of nitrogens with zero attached hydrogens (tertiary/aromatic N) is 1. The second-order valence-corrected chi connectivity index (χ2v) is 9.10. The number of sulfonamides is 1. The summed E-state index contributed by atoms with van der Waals surface area (Å²) in [6, 6.07) is 22.9. The third-order valence-corrected chi connectivity index (χ3v) is 6.41. The normalized spacial score (nSPS) is 12.6. The Kier molecular flexibility index (Phi) is 13.1. The van der Waals surface area contributed by atoms with Crippen LogP contribution in [0.3, 0.4) is 0 Å². The van der Waals surface area contributed by atoms with Gasteiger partial charge in [0.25, 0.3) is 0 Å². The number of hydrogen-bond donors (Lipinski definition) is 0. The van der Waals surface area contributed by atoms with Crippen LogP contribution in [0.25, 0.3) is 10.5 Å². The molecular weight excluding hydrogens is 541 g/mol. The van der Waals surface area contributed by atoms with E-state index >= 15 is 0 Å². The molecule has 0 radical (unpaired) electrons. The van der Waals surface area contributed by atoms with Gasteiger partial charge in [-0.05, 0) is 29.5 Å². The first-order valence-electron chi connectivity index (χ1n) is 10.4. The Balaban J connectivity index is 0.00000177. The fourth-order valence-electron chi connectivity index (χ4n) is 3.56. The van der Waals surface area contributed by atoms with Crippen LogP contribution < -0.4 is 0 Å². The van der Waals surface area contributed by atoms with Crippen LogP contribution in [0.15, 0.2) is 78.9 Å². The topological polar surface area (TPSA) is 72.0 Å². The molecule has 3 aromatic carbocycles. The zero-order valence-electron chi connectivity index (χ0n) is 19.2. The molecule has 0 heterocycles. The second kappa shape index (κ2) is 14.7. The number of halogens is 1. The van der Waals surface area contributed by atoms with E-state index in [9.17, 15) is 8.42 Å². The van der Waals surface area contributed by atoms with Gasteiger partial charge in [0.1, 0.15) is 0 Å². The first kappa shape index (κ1) is 29.5. The van der Waals surface area contributed by atoms with Gasteiger partial charge in [0.05, 0.1) is 15.8 Å². The van der Waals surface area contributed by atoms with Crippen LogP contribution in [-0.2, 0) is 45.9 Å². The number of benzene rings is 3. The summed E-state index contributed by atoms with van der Waals surface area (Å²) in [6.45, 7) is 4.13. The molecule has 3 aromatic rings. The Hall–Kier alpha value is -1.56. The van der Waals surface area contributed by atoms with Gasteiger partial charge < -0.3 is 17.9 Å². The van der Waals surface area contributed by atoms with Crippen LogP contribution in [0, 0.1) is 7.43 Å². The number of aryl methyl sites for hydroxylation is 2. The zero-order valence-corrected chi connectivity index (χ0v) is 22.5. The monoisotopic (exact) mass is 572 g/mol. The Labute approximate surface area is 213 Å². The molecule has 0 saturated heterocycles. The summed E-state index contributed by atoms with van der Waals surface area (Å²) in [5, 5.41) is 0. The van der Waals surface area contributed by atoms with Crippen LogP contribution in [0.1, 0.15) is 53.7 Å². The van der Waals surface area contributed by atoms with Gasteiger partial charge in [0.15, 0.2) is 0 Å². The van der Waals surface area contributed by atoms with Crippen LogP contribution in [-0.4, -0.2) is 8.42 Å². The van der Waals surface area contributed by atoms with Crippen molar-refractivity contribution in [3.63, 3.8) is 0 Å². The summed E-state index contributed by atoms with van der Waals surface area (Å²) in [4.78, 5) is 0. The average Bonchev–Trinajstić information content (AvgIpc) is 2.84. The molecule has 0 aromatic heterocycles. The molecule has 3 rings (SSSR count). The molecule has 4 nitrogen and oxygen atoms in total. The van der Waals surface area contributed by atoms with Crippen molar-refractivity contribution in [2.45, 2.75) is 44.5 Å². The summed E-state index contributed by atoms with van der Waals surface area (Å²) in [6.07, 6.45) is 1.71. The first-order valence-corrected chi connectivity index (χ1v) is 14.3. The first-order chi connectivity index (χ1) is 15.4. The zero-order chi connectivity index (χ0) is 23.6. The van der Waals surface area contributed by atoms with E-state index in [1.165, 1.54) is 0 Å². The Bertz CT molecular complexity index is 1040. The van der Waals surface area contributed by atoms with Crippen LogP contribution in [0.2, 0.25) is 0 Å². The molecule has 33 heavy (non-hydrogen) atoms. The van der Waals surface area contributed by atoms with Crippen molar-refractivity contribution in [1.29, 1.82) is 0 Å². The molecule has 1 N–H and O–H groups in total. The SMILES string of the molecule is CCc1cc(CC)cc(CS(=O)(=O)[N-]C(c2ccccc2)C([NH-])c2ccccc2)c1.[CH3-].[Cl][Ru+3]. The van der Waals surface area contributed by atoms with Crippen molar-refractivity contribution in [3.05, 3.63) is 125 Å². The molecule has 0 saturated carbocycles. The summed E-state index contributed by atoms with van der Waals surface area (Å²) < 4.78 is 30.4. The van der Waals surface area contributed by atoms with Crippen molar-refractivity contribution in [1.82, 2.24) is 0 Å². The van der Waals surface area contributed by atoms with E-state index in [0.29, 0.717) is 0 Å². The molecule has 0 spiro atoms. The van der Waals surface area contributed by atoms with Gasteiger partial charge in [0.2, 0.25) is 0 Å². The summed E-state index contributed by atoms with van der Waals surface area (Å²) in [7, 11) is 0.789. The predicted molar refractivity (Wildman–Crippen MR) is 136 cm³/mol. The van der Waals surface area contributed by atoms with Gasteiger partial charge >= 0.3 is 27.0 Å². The molecule has 7 heteroatoms. The second-order valence-electron chi connectivity index (χ2n) is 7.44. The van der Waals surface area contributed by atoms with E-state index in [4.69, 9.17) is 5.73 Å². The van der Waals surface area contributed by atoms with E-state index in [2.05, 4.69) is 34.3 Å². The van der Waals surface area contributed by atoms with E-state index in [1.54, 1.807) is 0 Å². The molecule has 178 valence electrons. The molecule has 0 aliphatic carbocycles. The fraction of sp³-hybridized carbons (Fsp3) is 0.269. The van der Waals surface area contributed by atoms with Gasteiger partial charge in [-0.3, -0.25) is 0 Å². The Morgan fingerprint density at radius 1 is 0.818 bits per heavy atom. The summed E-state index contributed by atoms with van der Waals surface area (Å²) in [5.74, 6) is -0.154. The minimum absolute atomic E-state index is 0. The summed E-state index contributed by atoms with van der Waals surface area (Å²) in [5.41, 5.74) is 13.2. The van der Waals surface area contributed by atoms with E-state index in [1.807, 2.05) is 90.1 Å². The average molecular weight is 572 g/mol. The molecule has 0 aliphatic rings. The van der Waals surface area contributed by atoms with Crippen LogP contribution in [0.4, 0.5) is 0 Å². The molecule has 0 aliphatic heterocycles. The van der Waals surface area contributed by atoms with Crippen molar-refractivity contribution in [2.75, 3.05) is 0 Å². The Morgan fingerprint density at radius 2 is 1.24 bits per heavy atom. The van der Waals surface area contributed by atoms with Gasteiger partial charge in [-0.15, -0.1) is 12.1 Å². The van der Waals surface area contributed by atoms with Crippen LogP contribution >= 0.6 is 9.69 Å². The quantitative estimate of drug-likeness (QED) is 0.195. The summed E-state index contributed by atoms with van der Waals surface area (Å²) >= 11 is 1.82. The number of hydrogen-bond acceptors (Lipinski definition) is 2. The third-order valence-electron chi connectivity index (χ3n) is 5.17. The van der Waals surface area contributed by atoms with Crippen molar-refractivity contribution < 1.29 is 25.7 Å². The van der Waals surface area contributed by atoms with Crippen LogP contribution in [0.5, 0.6) is 0 Å². The van der Waals surface area contributed by atoms with Gasteiger partial charge in [-0.1, -0.05) is 104 Å². The molecule has 0 fully saturated rings. The van der Waals surface area contributed by atoms with Gasteiger partial charge in [-0.25, -0.2) is 8.42 Å². The van der Waals surface area contributed by atoms with Crippen molar-refractivity contribution in [2.24, 2.45) is 0 Å². The predicted octanol–water partition coefficient (Wildman–Crippen LogP) is 7.69. The molecule has 2 atom stereocenters. The van der Waals surface area contributed by atoms with E-state index in [0.717, 1.165) is 40.7 Å². The molecule has 2 unspecified atom stereocenters. The molecule has 0 amide bonds. The molecule has 0 bridgehead atoms. The Morgan fingerprint density at radius 3 is 1.70 bits per heavy atom.